The van der Waals surface area contributed by atoms with E-state index in [0.717, 1.165) is 35.2 Å². The topological polar surface area (TPSA) is 111 Å². The SMILES string of the molecule is O=C(Cc1noc2ccccc12)NCCn1ncc2c(NCCc3ccccc3)ncnc21. The third kappa shape index (κ3) is 4.67. The minimum atomic E-state index is -0.122. The number of para-hydroxylation sites is 1. The van der Waals surface area contributed by atoms with Crippen LogP contribution >= 0.6 is 0 Å². The van der Waals surface area contributed by atoms with Gasteiger partial charge in [0.05, 0.1) is 24.5 Å². The molecule has 5 aromatic rings. The van der Waals surface area contributed by atoms with Gasteiger partial charge in [-0.25, -0.2) is 14.6 Å². The molecule has 2 aromatic carbocycles. The van der Waals surface area contributed by atoms with Gasteiger partial charge in [0.15, 0.2) is 11.2 Å². The van der Waals surface area contributed by atoms with Crippen LogP contribution in [0.2, 0.25) is 0 Å². The highest BCUT2D eigenvalue weighted by Gasteiger charge is 2.13. The van der Waals surface area contributed by atoms with Gasteiger partial charge < -0.3 is 15.2 Å². The Labute approximate surface area is 189 Å². The highest BCUT2D eigenvalue weighted by molar-refractivity contribution is 5.87. The fourth-order valence-electron chi connectivity index (χ4n) is 3.75. The van der Waals surface area contributed by atoms with Gasteiger partial charge in [-0.3, -0.25) is 4.79 Å². The molecule has 0 spiro atoms. The zero-order chi connectivity index (χ0) is 22.5. The Hall–Kier alpha value is -4.27. The summed E-state index contributed by atoms with van der Waals surface area (Å²) < 4.78 is 7.03. The van der Waals surface area contributed by atoms with Gasteiger partial charge in [0.2, 0.25) is 5.91 Å². The predicted octanol–water partition coefficient (Wildman–Crippen LogP) is 2.98. The quantitative estimate of drug-likeness (QED) is 0.362. The second-order valence-corrected chi connectivity index (χ2v) is 7.64. The Morgan fingerprint density at radius 1 is 0.970 bits per heavy atom. The van der Waals surface area contributed by atoms with Crippen molar-refractivity contribution < 1.29 is 9.32 Å². The zero-order valence-electron chi connectivity index (χ0n) is 17.9. The fraction of sp³-hybridized carbons (Fsp3) is 0.208. The van der Waals surface area contributed by atoms with Gasteiger partial charge >= 0.3 is 0 Å². The van der Waals surface area contributed by atoms with E-state index in [1.54, 1.807) is 10.9 Å². The third-order valence-electron chi connectivity index (χ3n) is 5.41. The summed E-state index contributed by atoms with van der Waals surface area (Å²) in [7, 11) is 0. The van der Waals surface area contributed by atoms with Crippen molar-refractivity contribution in [3.63, 3.8) is 0 Å². The number of anilines is 1. The summed E-state index contributed by atoms with van der Waals surface area (Å²) in [6.45, 7) is 1.68. The summed E-state index contributed by atoms with van der Waals surface area (Å²) in [5, 5.41) is 16.4. The smallest absolute Gasteiger partial charge is 0.226 e. The van der Waals surface area contributed by atoms with Crippen molar-refractivity contribution in [1.82, 2.24) is 30.2 Å². The molecule has 3 heterocycles. The zero-order valence-corrected chi connectivity index (χ0v) is 17.9. The lowest BCUT2D eigenvalue weighted by atomic mass is 10.1. The standard InChI is InChI=1S/C24H23N7O2/c32-22(14-20-18-8-4-5-9-21(18)33-30-20)25-12-13-31-24-19(15-29-31)23(27-16-28-24)26-11-10-17-6-2-1-3-7-17/h1-9,15-16H,10-14H2,(H,25,32)(H,26,27,28). The van der Waals surface area contributed by atoms with Crippen molar-refractivity contribution in [1.29, 1.82) is 0 Å². The summed E-state index contributed by atoms with van der Waals surface area (Å²) in [6, 6.07) is 17.8. The molecule has 3 aromatic heterocycles. The number of carbonyl (C=O) groups excluding carboxylic acids is 1. The average molecular weight is 441 g/mol. The Bertz CT molecular complexity index is 1380. The second-order valence-electron chi connectivity index (χ2n) is 7.64. The number of aromatic nitrogens is 5. The van der Waals surface area contributed by atoms with Gasteiger partial charge in [0.1, 0.15) is 17.8 Å². The first-order valence-corrected chi connectivity index (χ1v) is 10.8. The highest BCUT2D eigenvalue weighted by Crippen LogP contribution is 2.19. The van der Waals surface area contributed by atoms with E-state index in [-0.39, 0.29) is 12.3 Å². The molecule has 33 heavy (non-hydrogen) atoms. The van der Waals surface area contributed by atoms with Crippen molar-refractivity contribution in [3.05, 3.63) is 78.4 Å². The molecule has 0 unspecified atom stereocenters. The molecule has 9 heteroatoms. The van der Waals surface area contributed by atoms with Crippen molar-refractivity contribution in [2.45, 2.75) is 19.4 Å². The molecule has 0 fully saturated rings. The number of fused-ring (bicyclic) bond motifs is 2. The predicted molar refractivity (Wildman–Crippen MR) is 125 cm³/mol. The van der Waals surface area contributed by atoms with Crippen LogP contribution in [0.3, 0.4) is 0 Å². The minimum Gasteiger partial charge on any atom is -0.369 e. The van der Waals surface area contributed by atoms with Gasteiger partial charge in [-0.1, -0.05) is 47.6 Å². The minimum absolute atomic E-state index is 0.122. The number of benzene rings is 2. The number of hydrogen-bond acceptors (Lipinski definition) is 7. The summed E-state index contributed by atoms with van der Waals surface area (Å²) in [5.74, 6) is 0.632. The van der Waals surface area contributed by atoms with Crippen LogP contribution in [-0.4, -0.2) is 43.9 Å². The average Bonchev–Trinajstić information content (AvgIpc) is 3.45. The summed E-state index contributed by atoms with van der Waals surface area (Å²) in [6.07, 6.45) is 4.34. The fourth-order valence-corrected chi connectivity index (χ4v) is 3.75. The molecule has 166 valence electrons. The molecule has 0 radical (unpaired) electrons. The molecule has 0 saturated carbocycles. The van der Waals surface area contributed by atoms with Crippen LogP contribution in [0.5, 0.6) is 0 Å². The van der Waals surface area contributed by atoms with Crippen LogP contribution in [0.25, 0.3) is 22.0 Å². The molecule has 0 aliphatic rings. The summed E-state index contributed by atoms with van der Waals surface area (Å²) >= 11 is 0. The van der Waals surface area contributed by atoms with Crippen LogP contribution in [0.4, 0.5) is 5.82 Å². The molecule has 2 N–H and O–H groups in total. The van der Waals surface area contributed by atoms with Crippen molar-refractivity contribution in [3.8, 4) is 0 Å². The molecular weight excluding hydrogens is 418 g/mol. The van der Waals surface area contributed by atoms with E-state index in [0.29, 0.717) is 24.4 Å². The van der Waals surface area contributed by atoms with Gasteiger partial charge in [-0.2, -0.15) is 5.10 Å². The molecular formula is C24H23N7O2. The Morgan fingerprint density at radius 3 is 2.73 bits per heavy atom. The lowest BCUT2D eigenvalue weighted by Crippen LogP contribution is -2.29. The first-order chi connectivity index (χ1) is 16.3. The van der Waals surface area contributed by atoms with E-state index in [1.165, 1.54) is 11.9 Å². The molecule has 1 amide bonds. The monoisotopic (exact) mass is 441 g/mol. The van der Waals surface area contributed by atoms with Crippen LogP contribution in [0, 0.1) is 0 Å². The number of amides is 1. The number of nitrogens with zero attached hydrogens (tertiary/aromatic N) is 5. The number of carbonyl (C=O) groups is 1. The van der Waals surface area contributed by atoms with Crippen molar-refractivity contribution in [2.75, 3.05) is 18.4 Å². The largest absolute Gasteiger partial charge is 0.369 e. The molecule has 0 bridgehead atoms. The number of nitrogens with one attached hydrogen (secondary N) is 2. The Kier molecular flexibility index (Phi) is 5.92. The number of rotatable bonds is 9. The van der Waals surface area contributed by atoms with Crippen LogP contribution in [0.15, 0.2) is 71.6 Å². The summed E-state index contributed by atoms with van der Waals surface area (Å²) in [4.78, 5) is 21.1. The Balaban J connectivity index is 1.16. The van der Waals surface area contributed by atoms with Gasteiger partial charge in [-0.05, 0) is 24.1 Å². The van der Waals surface area contributed by atoms with Gasteiger partial charge in [0.25, 0.3) is 0 Å². The highest BCUT2D eigenvalue weighted by atomic mass is 16.5. The van der Waals surface area contributed by atoms with E-state index in [1.807, 2.05) is 42.5 Å². The molecule has 0 saturated heterocycles. The van der Waals surface area contributed by atoms with E-state index in [4.69, 9.17) is 4.52 Å². The lowest BCUT2D eigenvalue weighted by molar-refractivity contribution is -0.120. The second kappa shape index (κ2) is 9.47. The van der Waals surface area contributed by atoms with Crippen molar-refractivity contribution in [2.24, 2.45) is 0 Å². The molecule has 0 aliphatic carbocycles. The van der Waals surface area contributed by atoms with E-state index in [2.05, 4.69) is 43.0 Å². The van der Waals surface area contributed by atoms with E-state index >= 15 is 0 Å². The van der Waals surface area contributed by atoms with Crippen LogP contribution in [0.1, 0.15) is 11.3 Å². The van der Waals surface area contributed by atoms with Gasteiger partial charge in [0, 0.05) is 18.5 Å². The maximum Gasteiger partial charge on any atom is 0.226 e. The number of hydrogen-bond donors (Lipinski definition) is 2. The van der Waals surface area contributed by atoms with Crippen LogP contribution < -0.4 is 10.6 Å². The van der Waals surface area contributed by atoms with Crippen molar-refractivity contribution >= 4 is 33.7 Å². The van der Waals surface area contributed by atoms with E-state index in [9.17, 15) is 4.79 Å². The van der Waals surface area contributed by atoms with Gasteiger partial charge in [-0.15, -0.1) is 0 Å². The normalized spacial score (nSPS) is 11.2. The molecule has 9 nitrogen and oxygen atoms in total. The van der Waals surface area contributed by atoms with Crippen LogP contribution in [-0.2, 0) is 24.2 Å². The third-order valence-corrected chi connectivity index (χ3v) is 5.41. The summed E-state index contributed by atoms with van der Waals surface area (Å²) in [5.41, 5.74) is 3.30. The first kappa shape index (κ1) is 20.6. The molecule has 0 atom stereocenters. The molecule has 0 aliphatic heterocycles. The first-order valence-electron chi connectivity index (χ1n) is 10.8. The lowest BCUT2D eigenvalue weighted by Gasteiger charge is -2.08. The maximum absolute atomic E-state index is 12.4. The van der Waals surface area contributed by atoms with E-state index < -0.39 is 0 Å². The molecule has 5 rings (SSSR count). The maximum atomic E-state index is 12.4. The Morgan fingerprint density at radius 2 is 1.82 bits per heavy atom.